The van der Waals surface area contributed by atoms with Gasteiger partial charge in [0, 0.05) is 59.0 Å². The quantitative estimate of drug-likeness (QED) is 0.120. The van der Waals surface area contributed by atoms with Crippen molar-refractivity contribution in [1.82, 2.24) is 19.9 Å². The van der Waals surface area contributed by atoms with Crippen LogP contribution in [-0.4, -0.2) is 32.0 Å². The van der Waals surface area contributed by atoms with E-state index >= 15 is 0 Å². The molecule has 14 heteroatoms. The molecule has 0 saturated carbocycles. The third-order valence-corrected chi connectivity index (χ3v) is 10.7. The fourth-order valence-corrected chi connectivity index (χ4v) is 7.82. The van der Waals surface area contributed by atoms with Gasteiger partial charge >= 0.3 is 12.1 Å². The maximum absolute atomic E-state index is 13.7. The molecule has 0 bridgehead atoms. The SMILES string of the molecule is C.Cc1ccc(NC(=O)Nc2cccc(-c3sc(C)nc3-c3ccncc3)c2)cc1.Cc1nc(-c2ccncc2)c(-c2cccc(NC(=O)Nc3cc(F)ccc3F)c2)s1. The van der Waals surface area contributed by atoms with E-state index in [9.17, 15) is 18.4 Å². The number of urea groups is 2. The molecule has 60 heavy (non-hydrogen) atoms. The maximum Gasteiger partial charge on any atom is 0.323 e. The standard InChI is InChI=1S/C23H20N4OS.C22H16F2N4OS.CH4/c1-15-6-8-19(9-7-15)26-23(28)27-20-5-3-4-18(14-20)22-21(25-16(2)29-22)17-10-12-24-13-11-17;1-13-26-20(14-7-9-25-10-8-14)21(30-13)15-3-2-4-17(11-15)27-22(29)28-19-12-16(23)5-6-18(19)24;/h3-14H,1-2H3,(H2,26,27,28);2-12H,1H3,(H2,27,28,29);1H4. The van der Waals surface area contributed by atoms with Gasteiger partial charge in [0.1, 0.15) is 11.6 Å². The highest BCUT2D eigenvalue weighted by molar-refractivity contribution is 7.16. The molecule has 302 valence electrons. The highest BCUT2D eigenvalue weighted by atomic mass is 32.1. The predicted molar refractivity (Wildman–Crippen MR) is 241 cm³/mol. The molecule has 4 heterocycles. The largest absolute Gasteiger partial charge is 0.323 e. The third kappa shape index (κ3) is 10.9. The van der Waals surface area contributed by atoms with Crippen molar-refractivity contribution in [2.75, 3.05) is 21.3 Å². The molecule has 0 fully saturated rings. The van der Waals surface area contributed by atoms with Gasteiger partial charge < -0.3 is 21.3 Å². The normalized spacial score (nSPS) is 10.4. The van der Waals surface area contributed by atoms with Crippen LogP contribution in [0.15, 0.2) is 140 Å². The van der Waals surface area contributed by atoms with Crippen LogP contribution in [-0.2, 0) is 0 Å². The molecular formula is C46H40F2N8O2S2. The van der Waals surface area contributed by atoms with E-state index in [2.05, 4.69) is 36.2 Å². The monoisotopic (exact) mass is 838 g/mol. The van der Waals surface area contributed by atoms with Crippen molar-refractivity contribution in [2.24, 2.45) is 0 Å². The summed E-state index contributed by atoms with van der Waals surface area (Å²) in [6, 6.07) is 32.3. The molecular weight excluding hydrogens is 799 g/mol. The number of thiazole rings is 2. The number of aromatic nitrogens is 4. The molecule has 10 nitrogen and oxygen atoms in total. The number of carbonyl (C=O) groups is 2. The number of rotatable bonds is 8. The summed E-state index contributed by atoms with van der Waals surface area (Å²) in [5.41, 5.74) is 8.51. The number of halogens is 2. The van der Waals surface area contributed by atoms with Gasteiger partial charge in [-0.2, -0.15) is 0 Å². The van der Waals surface area contributed by atoms with Crippen molar-refractivity contribution in [1.29, 1.82) is 0 Å². The van der Waals surface area contributed by atoms with Crippen LogP contribution in [0.2, 0.25) is 0 Å². The minimum atomic E-state index is -0.720. The number of hydrogen-bond donors (Lipinski definition) is 4. The summed E-state index contributed by atoms with van der Waals surface area (Å²) in [6.07, 6.45) is 6.95. The first kappa shape index (κ1) is 42.4. The Hall–Kier alpha value is -7.16. The Bertz CT molecular complexity index is 2730. The summed E-state index contributed by atoms with van der Waals surface area (Å²) in [4.78, 5) is 44.1. The summed E-state index contributed by atoms with van der Waals surface area (Å²) >= 11 is 3.18. The fraction of sp³-hybridized carbons (Fsp3) is 0.0870. The van der Waals surface area contributed by atoms with Crippen LogP contribution in [0.1, 0.15) is 23.0 Å². The van der Waals surface area contributed by atoms with Gasteiger partial charge in [-0.1, -0.05) is 49.4 Å². The average molecular weight is 839 g/mol. The fourth-order valence-electron chi connectivity index (χ4n) is 5.94. The first-order valence-electron chi connectivity index (χ1n) is 18.2. The van der Waals surface area contributed by atoms with Crippen molar-refractivity contribution in [2.45, 2.75) is 28.2 Å². The number of hydrogen-bond acceptors (Lipinski definition) is 8. The molecule has 0 atom stereocenters. The maximum atomic E-state index is 13.7. The predicted octanol–water partition coefficient (Wildman–Crippen LogP) is 12.9. The van der Waals surface area contributed by atoms with Gasteiger partial charge in [-0.15, -0.1) is 22.7 Å². The van der Waals surface area contributed by atoms with Crippen LogP contribution in [0, 0.1) is 32.4 Å². The molecule has 4 amide bonds. The topological polar surface area (TPSA) is 134 Å². The Balaban J connectivity index is 0.000000198. The van der Waals surface area contributed by atoms with Crippen LogP contribution in [0.3, 0.4) is 0 Å². The third-order valence-electron chi connectivity index (χ3n) is 8.63. The first-order valence-corrected chi connectivity index (χ1v) is 19.9. The Morgan fingerprint density at radius 3 is 1.48 bits per heavy atom. The number of anilines is 4. The summed E-state index contributed by atoms with van der Waals surface area (Å²) in [5, 5.41) is 12.6. The van der Waals surface area contributed by atoms with Gasteiger partial charge in [0.2, 0.25) is 0 Å². The molecule has 8 aromatic rings. The molecule has 0 aliphatic heterocycles. The number of carbonyl (C=O) groups excluding carboxylic acids is 2. The number of amides is 4. The minimum Gasteiger partial charge on any atom is -0.308 e. The Morgan fingerprint density at radius 2 is 0.983 bits per heavy atom. The lowest BCUT2D eigenvalue weighted by molar-refractivity contribution is 0.261. The molecule has 4 aromatic heterocycles. The summed E-state index contributed by atoms with van der Waals surface area (Å²) in [6.45, 7) is 5.94. The van der Waals surface area contributed by atoms with Gasteiger partial charge in [-0.05, 0) is 105 Å². The van der Waals surface area contributed by atoms with Crippen molar-refractivity contribution < 1.29 is 18.4 Å². The van der Waals surface area contributed by atoms with E-state index in [1.165, 1.54) is 0 Å². The molecule has 0 aliphatic carbocycles. The average Bonchev–Trinajstić information content (AvgIpc) is 3.84. The highest BCUT2D eigenvalue weighted by Crippen LogP contribution is 2.38. The van der Waals surface area contributed by atoms with Gasteiger partial charge in [-0.3, -0.25) is 9.97 Å². The lowest BCUT2D eigenvalue weighted by Gasteiger charge is -2.10. The van der Waals surface area contributed by atoms with Crippen LogP contribution in [0.4, 0.5) is 41.1 Å². The minimum absolute atomic E-state index is 0. The highest BCUT2D eigenvalue weighted by Gasteiger charge is 2.16. The molecule has 4 N–H and O–H groups in total. The number of pyridine rings is 2. The number of aryl methyl sites for hydroxylation is 3. The smallest absolute Gasteiger partial charge is 0.308 e. The Morgan fingerprint density at radius 1 is 0.517 bits per heavy atom. The number of benzene rings is 4. The molecule has 0 radical (unpaired) electrons. The second-order valence-electron chi connectivity index (χ2n) is 13.1. The number of nitrogens with zero attached hydrogens (tertiary/aromatic N) is 4. The first-order chi connectivity index (χ1) is 28.6. The zero-order valence-electron chi connectivity index (χ0n) is 32.0. The van der Waals surface area contributed by atoms with Gasteiger partial charge in [0.15, 0.2) is 0 Å². The van der Waals surface area contributed by atoms with E-state index in [4.69, 9.17) is 4.98 Å². The van der Waals surface area contributed by atoms with Gasteiger partial charge in [0.25, 0.3) is 0 Å². The molecule has 0 aliphatic rings. The van der Waals surface area contributed by atoms with E-state index in [1.807, 2.05) is 99.6 Å². The van der Waals surface area contributed by atoms with Crippen molar-refractivity contribution in [3.63, 3.8) is 0 Å². The lowest BCUT2D eigenvalue weighted by atomic mass is 10.1. The molecule has 4 aromatic carbocycles. The number of nitrogens with one attached hydrogen (secondary N) is 4. The summed E-state index contributed by atoms with van der Waals surface area (Å²) in [5.74, 6) is -1.36. The zero-order valence-corrected chi connectivity index (χ0v) is 33.6. The van der Waals surface area contributed by atoms with Gasteiger partial charge in [0.05, 0.1) is 36.8 Å². The zero-order chi connectivity index (χ0) is 41.3. The Labute approximate surface area is 354 Å². The lowest BCUT2D eigenvalue weighted by Crippen LogP contribution is -2.20. The second kappa shape index (κ2) is 19.5. The van der Waals surface area contributed by atoms with E-state index in [0.29, 0.717) is 5.69 Å². The Kier molecular flexibility index (Phi) is 13.8. The molecule has 0 saturated heterocycles. The molecule has 8 rings (SSSR count). The van der Waals surface area contributed by atoms with Crippen LogP contribution < -0.4 is 21.3 Å². The van der Waals surface area contributed by atoms with Crippen molar-refractivity contribution in [3.05, 3.63) is 167 Å². The van der Waals surface area contributed by atoms with Crippen LogP contribution in [0.5, 0.6) is 0 Å². The van der Waals surface area contributed by atoms with Crippen LogP contribution in [0.25, 0.3) is 43.4 Å². The second-order valence-corrected chi connectivity index (χ2v) is 15.5. The van der Waals surface area contributed by atoms with Crippen LogP contribution >= 0.6 is 22.7 Å². The molecule has 0 unspecified atom stereocenters. The summed E-state index contributed by atoms with van der Waals surface area (Å²) in [7, 11) is 0. The van der Waals surface area contributed by atoms with E-state index < -0.39 is 17.7 Å². The van der Waals surface area contributed by atoms with Crippen molar-refractivity contribution in [3.8, 4) is 43.4 Å². The molecule has 0 spiro atoms. The van der Waals surface area contributed by atoms with Gasteiger partial charge in [-0.25, -0.2) is 28.3 Å². The van der Waals surface area contributed by atoms with E-state index in [1.54, 1.807) is 65.7 Å². The van der Waals surface area contributed by atoms with E-state index in [-0.39, 0.29) is 19.1 Å². The van der Waals surface area contributed by atoms with Crippen molar-refractivity contribution >= 4 is 57.5 Å². The summed E-state index contributed by atoms with van der Waals surface area (Å²) < 4.78 is 27.0. The van der Waals surface area contributed by atoms with E-state index in [0.717, 1.165) is 88.5 Å².